The molecule has 1 atom stereocenters. The maximum atomic E-state index is 13.5. The molecule has 0 aromatic heterocycles. The molecule has 1 unspecified atom stereocenters. The molecule has 106 valence electrons. The molecule has 1 rings (SSSR count). The van der Waals surface area contributed by atoms with Crippen molar-refractivity contribution in [3.63, 3.8) is 0 Å². The monoisotopic (exact) mass is 265 g/mol. The highest BCUT2D eigenvalue weighted by atomic mass is 19.1. The zero-order chi connectivity index (χ0) is 14.4. The maximum absolute atomic E-state index is 13.5. The van der Waals surface area contributed by atoms with Gasteiger partial charge in [-0.25, -0.2) is 4.39 Å². The van der Waals surface area contributed by atoms with Crippen molar-refractivity contribution in [1.29, 1.82) is 0 Å². The normalized spacial score (nSPS) is 13.0. The molecule has 0 saturated heterocycles. The number of carbonyl (C=O) groups is 1. The van der Waals surface area contributed by atoms with Gasteiger partial charge in [0.15, 0.2) is 5.78 Å². The van der Waals surface area contributed by atoms with E-state index in [9.17, 15) is 9.18 Å². The first-order chi connectivity index (χ1) is 8.90. The Bertz CT molecular complexity index is 417. The lowest BCUT2D eigenvalue weighted by atomic mass is 10.0. The van der Waals surface area contributed by atoms with Gasteiger partial charge in [-0.2, -0.15) is 0 Å². The second-order valence-corrected chi connectivity index (χ2v) is 5.70. The molecular weight excluding hydrogens is 241 g/mol. The Morgan fingerprint density at radius 3 is 2.47 bits per heavy atom. The highest BCUT2D eigenvalue weighted by Crippen LogP contribution is 2.11. The lowest BCUT2D eigenvalue weighted by molar-refractivity contribution is -0.119. The summed E-state index contributed by atoms with van der Waals surface area (Å²) in [5.74, 6) is 0.371. The number of halogens is 1. The predicted octanol–water partition coefficient (Wildman–Crippen LogP) is 3.30. The van der Waals surface area contributed by atoms with Crippen molar-refractivity contribution in [1.82, 2.24) is 4.90 Å². The Morgan fingerprint density at radius 1 is 1.26 bits per heavy atom. The smallest absolute Gasteiger partial charge is 0.151 e. The average Bonchev–Trinajstić information content (AvgIpc) is 2.31. The molecule has 0 aliphatic carbocycles. The highest BCUT2D eigenvalue weighted by molar-refractivity contribution is 5.82. The van der Waals surface area contributed by atoms with Gasteiger partial charge in [-0.05, 0) is 37.9 Å². The molecule has 1 aromatic carbocycles. The Kier molecular flexibility index (Phi) is 6.16. The van der Waals surface area contributed by atoms with Crippen LogP contribution < -0.4 is 0 Å². The molecule has 0 aliphatic rings. The largest absolute Gasteiger partial charge is 0.298 e. The van der Waals surface area contributed by atoms with E-state index < -0.39 is 0 Å². The molecule has 0 spiro atoms. The zero-order valence-electron chi connectivity index (χ0n) is 12.3. The van der Waals surface area contributed by atoms with Crippen LogP contribution in [0.4, 0.5) is 4.39 Å². The number of ketones is 1. The topological polar surface area (TPSA) is 20.3 Å². The van der Waals surface area contributed by atoms with E-state index in [-0.39, 0.29) is 18.0 Å². The minimum Gasteiger partial charge on any atom is -0.298 e. The number of hydrogen-bond donors (Lipinski definition) is 0. The van der Waals surface area contributed by atoms with Crippen molar-refractivity contribution in [3.8, 4) is 0 Å². The number of carbonyl (C=O) groups excluding carboxylic acids is 1. The van der Waals surface area contributed by atoms with Crippen LogP contribution in [-0.4, -0.2) is 30.3 Å². The second kappa shape index (κ2) is 7.39. The van der Waals surface area contributed by atoms with Crippen LogP contribution in [0.25, 0.3) is 0 Å². The van der Waals surface area contributed by atoms with Crippen LogP contribution in [0.2, 0.25) is 0 Å². The molecule has 0 bridgehead atoms. The fourth-order valence-electron chi connectivity index (χ4n) is 2.21. The number of benzene rings is 1. The number of likely N-dealkylation sites (N-methyl/N-ethyl adjacent to an activating group) is 1. The van der Waals surface area contributed by atoms with Gasteiger partial charge >= 0.3 is 0 Å². The first-order valence-corrected chi connectivity index (χ1v) is 6.85. The lowest BCUT2D eigenvalue weighted by Crippen LogP contribution is -2.35. The van der Waals surface area contributed by atoms with Gasteiger partial charge in [-0.1, -0.05) is 32.0 Å². The minimum absolute atomic E-state index is 0.0585. The van der Waals surface area contributed by atoms with E-state index in [0.29, 0.717) is 24.1 Å². The second-order valence-electron chi connectivity index (χ2n) is 5.70. The number of Topliss-reactive ketones (excluding diaryl/α,β-unsaturated/α-hetero) is 1. The van der Waals surface area contributed by atoms with Gasteiger partial charge in [0, 0.05) is 12.5 Å². The Hall–Kier alpha value is -1.22. The number of rotatable bonds is 7. The van der Waals surface area contributed by atoms with Crippen molar-refractivity contribution in [2.45, 2.75) is 39.7 Å². The predicted molar refractivity (Wildman–Crippen MR) is 76.7 cm³/mol. The van der Waals surface area contributed by atoms with Crippen molar-refractivity contribution >= 4 is 5.78 Å². The highest BCUT2D eigenvalue weighted by Gasteiger charge is 2.15. The van der Waals surface area contributed by atoms with E-state index in [1.807, 2.05) is 11.9 Å². The lowest BCUT2D eigenvalue weighted by Gasteiger charge is -2.25. The molecule has 0 aliphatic heterocycles. The molecular formula is C16H24FNO. The van der Waals surface area contributed by atoms with Crippen LogP contribution in [0.3, 0.4) is 0 Å². The first-order valence-electron chi connectivity index (χ1n) is 6.85. The number of nitrogens with zero attached hydrogens (tertiary/aromatic N) is 1. The Balaban J connectivity index is 2.49. The summed E-state index contributed by atoms with van der Waals surface area (Å²) in [6, 6.07) is 6.83. The van der Waals surface area contributed by atoms with E-state index in [0.717, 1.165) is 6.42 Å². The van der Waals surface area contributed by atoms with Gasteiger partial charge < -0.3 is 0 Å². The summed E-state index contributed by atoms with van der Waals surface area (Å²) in [5, 5.41) is 0. The third-order valence-electron chi connectivity index (χ3n) is 3.34. The first kappa shape index (κ1) is 15.8. The van der Waals surface area contributed by atoms with E-state index in [2.05, 4.69) is 20.8 Å². The summed E-state index contributed by atoms with van der Waals surface area (Å²) in [6.45, 7) is 6.84. The van der Waals surface area contributed by atoms with Crippen molar-refractivity contribution in [3.05, 3.63) is 35.6 Å². The summed E-state index contributed by atoms with van der Waals surface area (Å²) in [4.78, 5) is 14.0. The Labute approximate surface area is 115 Å². The third kappa shape index (κ3) is 5.52. The van der Waals surface area contributed by atoms with E-state index in [1.165, 1.54) is 6.07 Å². The molecule has 0 heterocycles. The Morgan fingerprint density at radius 2 is 1.89 bits per heavy atom. The minimum atomic E-state index is -0.297. The van der Waals surface area contributed by atoms with Gasteiger partial charge in [-0.15, -0.1) is 0 Å². The molecule has 0 amide bonds. The summed E-state index contributed by atoms with van der Waals surface area (Å²) >= 11 is 0. The van der Waals surface area contributed by atoms with Crippen LogP contribution >= 0.6 is 0 Å². The number of hydrogen-bond acceptors (Lipinski definition) is 2. The van der Waals surface area contributed by atoms with Crippen LogP contribution in [0, 0.1) is 11.7 Å². The third-order valence-corrected chi connectivity index (χ3v) is 3.34. The molecule has 2 nitrogen and oxygen atoms in total. The maximum Gasteiger partial charge on any atom is 0.151 e. The molecule has 0 N–H and O–H groups in total. The molecule has 3 heteroatoms. The molecule has 0 radical (unpaired) electrons. The van der Waals surface area contributed by atoms with Crippen molar-refractivity contribution in [2.24, 2.45) is 5.92 Å². The molecule has 19 heavy (non-hydrogen) atoms. The van der Waals surface area contributed by atoms with Crippen LogP contribution in [-0.2, 0) is 11.2 Å². The molecule has 1 aromatic rings. The van der Waals surface area contributed by atoms with Gasteiger partial charge in [-0.3, -0.25) is 9.69 Å². The van der Waals surface area contributed by atoms with E-state index in [1.54, 1.807) is 18.2 Å². The van der Waals surface area contributed by atoms with Gasteiger partial charge in [0.05, 0.1) is 6.54 Å². The van der Waals surface area contributed by atoms with Crippen molar-refractivity contribution in [2.75, 3.05) is 13.6 Å². The van der Waals surface area contributed by atoms with Gasteiger partial charge in [0.1, 0.15) is 5.82 Å². The summed E-state index contributed by atoms with van der Waals surface area (Å²) < 4.78 is 13.5. The van der Waals surface area contributed by atoms with Crippen LogP contribution in [0.5, 0.6) is 0 Å². The molecule has 0 fully saturated rings. The molecule has 0 saturated carbocycles. The quantitative estimate of drug-likeness (QED) is 0.754. The van der Waals surface area contributed by atoms with Gasteiger partial charge in [0.2, 0.25) is 0 Å². The summed E-state index contributed by atoms with van der Waals surface area (Å²) in [7, 11) is 1.95. The van der Waals surface area contributed by atoms with Crippen molar-refractivity contribution < 1.29 is 9.18 Å². The fraction of sp³-hybridized carbons (Fsp3) is 0.562. The summed E-state index contributed by atoms with van der Waals surface area (Å²) in [5.41, 5.74) is 0.484. The van der Waals surface area contributed by atoms with E-state index >= 15 is 0 Å². The van der Waals surface area contributed by atoms with Crippen LogP contribution in [0.1, 0.15) is 32.8 Å². The van der Waals surface area contributed by atoms with Gasteiger partial charge in [0.25, 0.3) is 0 Å². The van der Waals surface area contributed by atoms with Crippen LogP contribution in [0.15, 0.2) is 24.3 Å². The average molecular weight is 265 g/mol. The SMILES string of the molecule is CC(C)CC(C)N(C)CC(=O)Cc1ccccc1F. The summed E-state index contributed by atoms with van der Waals surface area (Å²) in [6.07, 6.45) is 1.23. The zero-order valence-corrected chi connectivity index (χ0v) is 12.3. The fourth-order valence-corrected chi connectivity index (χ4v) is 2.21. The standard InChI is InChI=1S/C16H24FNO/c1-12(2)9-13(3)18(4)11-15(19)10-14-7-5-6-8-16(14)17/h5-8,12-13H,9-11H2,1-4H3. The van der Waals surface area contributed by atoms with E-state index in [4.69, 9.17) is 0 Å².